The van der Waals surface area contributed by atoms with Crippen LogP contribution in [0, 0.1) is 39.8 Å². The van der Waals surface area contributed by atoms with Gasteiger partial charge in [-0.05, 0) is 0 Å². The van der Waals surface area contributed by atoms with Crippen LogP contribution < -0.4 is 0 Å². The molecule has 1 radical (unpaired) electrons. The number of hydrogen-bond acceptors (Lipinski definition) is 1. The Kier molecular flexibility index (Phi) is 150. The van der Waals surface area contributed by atoms with Crippen LogP contribution in [0.5, 0.6) is 0 Å². The molecule has 1 nitrogen and oxygen atoms in total. The van der Waals surface area contributed by atoms with Crippen molar-refractivity contribution in [3.05, 3.63) is 0 Å². The summed E-state index contributed by atoms with van der Waals surface area (Å²) in [6.45, 7) is 0. The molecule has 0 fully saturated rings. The zero-order valence-electron chi connectivity index (χ0n) is 1.56. The summed E-state index contributed by atoms with van der Waals surface area (Å²) in [7, 11) is 0. The molecule has 0 aliphatic heterocycles. The Balaban J connectivity index is -0.00000000167. The molecule has 35 valence electrons. The molecule has 0 N–H and O–H groups in total. The van der Waals surface area contributed by atoms with E-state index >= 15 is 0 Å². The minimum absolute atomic E-state index is 0. The van der Waals surface area contributed by atoms with Crippen molar-refractivity contribution in [1.29, 1.82) is 0 Å². The summed E-state index contributed by atoms with van der Waals surface area (Å²) in [5.41, 5.74) is 0. The predicted octanol–water partition coefficient (Wildman–Crippen LogP) is -1.31. The molecule has 0 spiro atoms. The molecular formula is H3AlCeCoNiO. The van der Waals surface area contributed by atoms with E-state index in [1.54, 1.807) is 0 Å². The molecule has 0 heterocycles. The SMILES string of the molecule is [AlH3].[Co].[Ni].[O]=[Ce]. The Labute approximate surface area is 89.5 Å². The van der Waals surface area contributed by atoms with Crippen LogP contribution in [-0.4, -0.2) is 17.4 Å². The molecule has 0 aromatic heterocycles. The first kappa shape index (κ1) is 25.2. The Morgan fingerprint density at radius 3 is 1.20 bits per heavy atom. The zero-order valence-corrected chi connectivity index (χ0v) is 6.73. The molecule has 0 bridgehead atoms. The van der Waals surface area contributed by atoms with Gasteiger partial charge >= 0.3 is 40.7 Å². The van der Waals surface area contributed by atoms with E-state index in [0.29, 0.717) is 0 Å². The van der Waals surface area contributed by atoms with Crippen LogP contribution in [0.1, 0.15) is 0 Å². The second-order valence-corrected chi connectivity index (χ2v) is 0. The van der Waals surface area contributed by atoms with Gasteiger partial charge in [-0.25, -0.2) is 0 Å². The van der Waals surface area contributed by atoms with Crippen molar-refractivity contribution >= 4 is 17.4 Å². The van der Waals surface area contributed by atoms with Gasteiger partial charge in [-0.2, -0.15) is 0 Å². The zero-order chi connectivity index (χ0) is 2.00. The molecule has 0 aliphatic carbocycles. The van der Waals surface area contributed by atoms with E-state index in [-0.39, 0.29) is 90.4 Å². The Hall–Kier alpha value is 2.71. The molecule has 0 atom stereocenters. The van der Waals surface area contributed by atoms with Gasteiger partial charge in [0, 0.05) is 33.3 Å². The van der Waals surface area contributed by atoms with Gasteiger partial charge in [0.2, 0.25) is 0 Å². The van der Waals surface area contributed by atoms with Crippen LogP contribution >= 0.6 is 0 Å². The van der Waals surface area contributed by atoms with Crippen molar-refractivity contribution in [1.82, 2.24) is 0 Å². The van der Waals surface area contributed by atoms with Crippen molar-refractivity contribution < 1.29 is 74.0 Å². The Morgan fingerprint density at radius 1 is 1.20 bits per heavy atom. The topological polar surface area (TPSA) is 17.1 Å². The van der Waals surface area contributed by atoms with Crippen LogP contribution in [-0.2, 0) is 34.2 Å². The van der Waals surface area contributed by atoms with Gasteiger partial charge in [0.25, 0.3) is 0 Å². The first-order valence-corrected chi connectivity index (χ1v) is 1.49. The van der Waals surface area contributed by atoms with E-state index in [2.05, 4.69) is 0 Å². The fourth-order valence-corrected chi connectivity index (χ4v) is 0. The van der Waals surface area contributed by atoms with Gasteiger partial charge in [0.1, 0.15) is 0 Å². The standard InChI is InChI=1S/Al.Ce.Co.Ni.O.3H. The Bertz CT molecular complexity index is 11.6. The van der Waals surface area contributed by atoms with Crippen LogP contribution in [0.25, 0.3) is 0 Å². The Morgan fingerprint density at radius 2 is 1.20 bits per heavy atom. The molecule has 0 aromatic rings. The summed E-state index contributed by atoms with van der Waals surface area (Å²) < 4.78 is 8.39. The minimum atomic E-state index is 0. The molecule has 5 heavy (non-hydrogen) atoms. The van der Waals surface area contributed by atoms with Crippen LogP contribution in [0.15, 0.2) is 0 Å². The van der Waals surface area contributed by atoms with Crippen LogP contribution in [0.4, 0.5) is 0 Å². The fourth-order valence-electron chi connectivity index (χ4n) is 0. The van der Waals surface area contributed by atoms with Crippen LogP contribution in [0.2, 0.25) is 0 Å². The average Bonchev–Trinajstić information content (AvgIpc) is 1.00. The van der Waals surface area contributed by atoms with E-state index in [1.165, 1.54) is 0 Å². The van der Waals surface area contributed by atoms with Crippen molar-refractivity contribution in [2.24, 2.45) is 0 Å². The molecule has 0 aliphatic rings. The van der Waals surface area contributed by atoms with Crippen molar-refractivity contribution in [2.45, 2.75) is 0 Å². The molecule has 0 saturated carbocycles. The predicted molar refractivity (Wildman–Crippen MR) is 10.6 cm³/mol. The quantitative estimate of drug-likeness (QED) is 0.508. The van der Waals surface area contributed by atoms with Gasteiger partial charge in [-0.3, -0.25) is 0 Å². The normalized spacial score (nSPS) is 0.600. The summed E-state index contributed by atoms with van der Waals surface area (Å²) in [6, 6.07) is 0. The monoisotopic (exact) mass is 303 g/mol. The summed E-state index contributed by atoms with van der Waals surface area (Å²) in [4.78, 5) is 0. The first-order valence-electron chi connectivity index (χ1n) is 0.204. The summed E-state index contributed by atoms with van der Waals surface area (Å²) >= 11 is 0.0556. The van der Waals surface area contributed by atoms with Gasteiger partial charge in [-0.15, -0.1) is 0 Å². The van der Waals surface area contributed by atoms with E-state index in [0.717, 1.165) is 0 Å². The fraction of sp³-hybridized carbons (Fsp3) is 0. The molecule has 0 aromatic carbocycles. The summed E-state index contributed by atoms with van der Waals surface area (Å²) in [5, 5.41) is 0. The second-order valence-electron chi connectivity index (χ2n) is 0. The van der Waals surface area contributed by atoms with E-state index in [1.807, 2.05) is 0 Å². The average molecular weight is 304 g/mol. The number of hydrogen-bond donors (Lipinski definition) is 0. The maximum atomic E-state index is 8.39. The third kappa shape index (κ3) is 20.3. The maximum absolute atomic E-state index is 8.39. The van der Waals surface area contributed by atoms with E-state index in [4.69, 9.17) is 0.938 Å². The number of rotatable bonds is 0. The molecular weight excluding hydrogens is 301 g/mol. The summed E-state index contributed by atoms with van der Waals surface area (Å²) in [6.07, 6.45) is 0. The molecule has 0 amide bonds. The van der Waals surface area contributed by atoms with Gasteiger partial charge < -0.3 is 0 Å². The third-order valence-electron chi connectivity index (χ3n) is 0. The van der Waals surface area contributed by atoms with E-state index in [9.17, 15) is 0 Å². The second kappa shape index (κ2) is 29.8. The summed E-state index contributed by atoms with van der Waals surface area (Å²) in [5.74, 6) is 0. The molecule has 0 unspecified atom stereocenters. The van der Waals surface area contributed by atoms with Crippen molar-refractivity contribution in [2.75, 3.05) is 0 Å². The third-order valence-corrected chi connectivity index (χ3v) is 0. The van der Waals surface area contributed by atoms with Crippen molar-refractivity contribution in [3.8, 4) is 0 Å². The van der Waals surface area contributed by atoms with Crippen molar-refractivity contribution in [3.63, 3.8) is 0 Å². The van der Waals surface area contributed by atoms with E-state index < -0.39 is 0 Å². The molecule has 0 rings (SSSR count). The first-order chi connectivity index (χ1) is 1.00. The van der Waals surface area contributed by atoms with Crippen LogP contribution in [0.3, 0.4) is 0 Å². The van der Waals surface area contributed by atoms with Gasteiger partial charge in [-0.1, -0.05) is 0 Å². The van der Waals surface area contributed by atoms with Gasteiger partial charge in [0.05, 0.1) is 0 Å². The molecule has 5 heteroatoms. The van der Waals surface area contributed by atoms with Gasteiger partial charge in [0.15, 0.2) is 17.4 Å². The molecule has 0 saturated heterocycles.